The number of thiazole rings is 1. The van der Waals surface area contributed by atoms with Crippen LogP contribution in [0.5, 0.6) is 0 Å². The minimum absolute atomic E-state index is 0.449. The molecule has 0 amide bonds. The molecule has 17 heavy (non-hydrogen) atoms. The highest BCUT2D eigenvalue weighted by atomic mass is 32.1. The second-order valence-electron chi connectivity index (χ2n) is 4.63. The summed E-state index contributed by atoms with van der Waals surface area (Å²) < 4.78 is 1.23. The lowest BCUT2D eigenvalue weighted by Gasteiger charge is -2.09. The van der Waals surface area contributed by atoms with Gasteiger partial charge in [-0.2, -0.15) is 0 Å². The summed E-state index contributed by atoms with van der Waals surface area (Å²) in [7, 11) is 1.84. The van der Waals surface area contributed by atoms with Crippen molar-refractivity contribution >= 4 is 21.6 Å². The summed E-state index contributed by atoms with van der Waals surface area (Å²) in [5.41, 5.74) is 1.98. The third-order valence-corrected chi connectivity index (χ3v) is 4.34. The average molecular weight is 248 g/mol. The van der Waals surface area contributed by atoms with Gasteiger partial charge in [0.2, 0.25) is 0 Å². The largest absolute Gasteiger partial charge is 0.387 e. The van der Waals surface area contributed by atoms with Gasteiger partial charge in [0.05, 0.1) is 21.3 Å². The molecule has 1 aromatic carbocycles. The van der Waals surface area contributed by atoms with E-state index in [0.717, 1.165) is 11.1 Å². The highest BCUT2D eigenvalue weighted by molar-refractivity contribution is 7.18. The summed E-state index contributed by atoms with van der Waals surface area (Å²) in [6.07, 6.45) is 2.12. The standard InChI is InChI=1S/C13H16N2OS/c1-14-7-11(16)9-4-5-12-10(6-9)15-13(17-12)8-2-3-8/h4-6,8,11,14,16H,2-3,7H2,1H3. The van der Waals surface area contributed by atoms with Crippen LogP contribution in [-0.2, 0) is 0 Å². The summed E-state index contributed by atoms with van der Waals surface area (Å²) in [6, 6.07) is 6.09. The number of aliphatic hydroxyl groups is 1. The van der Waals surface area contributed by atoms with E-state index in [4.69, 9.17) is 0 Å². The van der Waals surface area contributed by atoms with Gasteiger partial charge in [0.15, 0.2) is 0 Å². The summed E-state index contributed by atoms with van der Waals surface area (Å²) in [6.45, 7) is 0.575. The lowest BCUT2D eigenvalue weighted by Crippen LogP contribution is -2.16. The predicted octanol–water partition coefficient (Wildman–Crippen LogP) is 2.43. The number of aliphatic hydroxyl groups excluding tert-OH is 1. The topological polar surface area (TPSA) is 45.1 Å². The number of likely N-dealkylation sites (N-methyl/N-ethyl adjacent to an activating group) is 1. The number of nitrogens with zero attached hydrogens (tertiary/aromatic N) is 1. The van der Waals surface area contributed by atoms with Crippen LogP contribution in [0.15, 0.2) is 18.2 Å². The smallest absolute Gasteiger partial charge is 0.0969 e. The van der Waals surface area contributed by atoms with Crippen molar-refractivity contribution in [2.75, 3.05) is 13.6 Å². The molecule has 2 N–H and O–H groups in total. The zero-order valence-electron chi connectivity index (χ0n) is 9.81. The van der Waals surface area contributed by atoms with Crippen molar-refractivity contribution in [3.05, 3.63) is 28.8 Å². The summed E-state index contributed by atoms with van der Waals surface area (Å²) in [5.74, 6) is 0.707. The van der Waals surface area contributed by atoms with Crippen LogP contribution in [0.3, 0.4) is 0 Å². The van der Waals surface area contributed by atoms with Crippen LogP contribution in [0, 0.1) is 0 Å². The first kappa shape index (κ1) is 11.1. The Bertz CT molecular complexity index is 533. The van der Waals surface area contributed by atoms with Gasteiger partial charge in [-0.1, -0.05) is 6.07 Å². The molecule has 1 aromatic heterocycles. The van der Waals surface area contributed by atoms with E-state index >= 15 is 0 Å². The maximum absolute atomic E-state index is 9.92. The quantitative estimate of drug-likeness (QED) is 0.873. The molecule has 1 saturated carbocycles. The normalized spacial score (nSPS) is 17.5. The molecule has 3 nitrogen and oxygen atoms in total. The number of nitrogens with one attached hydrogen (secondary N) is 1. The van der Waals surface area contributed by atoms with E-state index in [-0.39, 0.29) is 0 Å². The van der Waals surface area contributed by atoms with E-state index in [1.165, 1.54) is 22.5 Å². The monoisotopic (exact) mass is 248 g/mol. The van der Waals surface area contributed by atoms with Crippen LogP contribution in [0.2, 0.25) is 0 Å². The molecule has 1 unspecified atom stereocenters. The van der Waals surface area contributed by atoms with E-state index in [1.54, 1.807) is 11.3 Å². The number of benzene rings is 1. The molecule has 0 radical (unpaired) electrons. The van der Waals surface area contributed by atoms with E-state index in [2.05, 4.69) is 16.4 Å². The van der Waals surface area contributed by atoms with Crippen LogP contribution in [0.25, 0.3) is 10.2 Å². The van der Waals surface area contributed by atoms with Gasteiger partial charge in [-0.05, 0) is 37.6 Å². The SMILES string of the molecule is CNCC(O)c1ccc2sc(C3CC3)nc2c1. The van der Waals surface area contributed by atoms with Gasteiger partial charge in [0.1, 0.15) is 0 Å². The number of rotatable bonds is 4. The Morgan fingerprint density at radius 2 is 2.35 bits per heavy atom. The molecule has 1 fully saturated rings. The molecule has 1 aliphatic rings. The molecule has 0 aliphatic heterocycles. The van der Waals surface area contributed by atoms with Crippen molar-refractivity contribution in [1.82, 2.24) is 10.3 Å². The minimum atomic E-state index is -0.449. The number of hydrogen-bond donors (Lipinski definition) is 2. The van der Waals surface area contributed by atoms with Crippen LogP contribution < -0.4 is 5.32 Å². The highest BCUT2D eigenvalue weighted by Gasteiger charge is 2.27. The molecule has 4 heteroatoms. The molecule has 1 atom stereocenters. The van der Waals surface area contributed by atoms with Gasteiger partial charge < -0.3 is 10.4 Å². The maximum Gasteiger partial charge on any atom is 0.0969 e. The van der Waals surface area contributed by atoms with Gasteiger partial charge in [0, 0.05) is 12.5 Å². The Morgan fingerprint density at radius 1 is 1.53 bits per heavy atom. The molecule has 1 aliphatic carbocycles. The molecule has 0 bridgehead atoms. The fourth-order valence-corrected chi connectivity index (χ4v) is 3.10. The van der Waals surface area contributed by atoms with Crippen molar-refractivity contribution in [2.24, 2.45) is 0 Å². The first-order chi connectivity index (χ1) is 8.28. The minimum Gasteiger partial charge on any atom is -0.387 e. The van der Waals surface area contributed by atoms with Crippen LogP contribution >= 0.6 is 11.3 Å². The van der Waals surface area contributed by atoms with Gasteiger partial charge in [0.25, 0.3) is 0 Å². The van der Waals surface area contributed by atoms with E-state index < -0.39 is 6.10 Å². The van der Waals surface area contributed by atoms with Crippen molar-refractivity contribution < 1.29 is 5.11 Å². The molecule has 0 spiro atoms. The summed E-state index contributed by atoms with van der Waals surface area (Å²) in [5, 5.41) is 14.2. The zero-order chi connectivity index (χ0) is 11.8. The number of fused-ring (bicyclic) bond motifs is 1. The van der Waals surface area contributed by atoms with E-state index in [1.807, 2.05) is 19.2 Å². The first-order valence-corrected chi connectivity index (χ1v) is 6.82. The Hall–Kier alpha value is -0.970. The van der Waals surface area contributed by atoms with Gasteiger partial charge in [-0.15, -0.1) is 11.3 Å². The summed E-state index contributed by atoms with van der Waals surface area (Å²) in [4.78, 5) is 4.66. The fourth-order valence-electron chi connectivity index (χ4n) is 1.99. The summed E-state index contributed by atoms with van der Waals surface area (Å²) >= 11 is 1.79. The molecular weight excluding hydrogens is 232 g/mol. The molecule has 90 valence electrons. The predicted molar refractivity (Wildman–Crippen MR) is 70.5 cm³/mol. The van der Waals surface area contributed by atoms with Crippen LogP contribution in [0.1, 0.15) is 35.4 Å². The molecular formula is C13H16N2OS. The fraction of sp³-hybridized carbons (Fsp3) is 0.462. The Balaban J connectivity index is 1.94. The number of hydrogen-bond acceptors (Lipinski definition) is 4. The highest BCUT2D eigenvalue weighted by Crippen LogP contribution is 2.43. The molecule has 0 saturated heterocycles. The van der Waals surface area contributed by atoms with Crippen molar-refractivity contribution in [3.8, 4) is 0 Å². The van der Waals surface area contributed by atoms with Crippen molar-refractivity contribution in [1.29, 1.82) is 0 Å². The Labute approximate surface area is 105 Å². The Kier molecular flexibility index (Phi) is 2.86. The third-order valence-electron chi connectivity index (χ3n) is 3.14. The van der Waals surface area contributed by atoms with Gasteiger partial charge in [-0.25, -0.2) is 4.98 Å². The van der Waals surface area contributed by atoms with Crippen LogP contribution in [0.4, 0.5) is 0 Å². The van der Waals surface area contributed by atoms with Gasteiger partial charge >= 0.3 is 0 Å². The maximum atomic E-state index is 9.92. The van der Waals surface area contributed by atoms with Gasteiger partial charge in [-0.3, -0.25) is 0 Å². The number of aromatic nitrogens is 1. The molecule has 2 aromatic rings. The van der Waals surface area contributed by atoms with E-state index in [0.29, 0.717) is 12.5 Å². The van der Waals surface area contributed by atoms with E-state index in [9.17, 15) is 5.11 Å². The molecule has 3 rings (SSSR count). The second kappa shape index (κ2) is 4.37. The van der Waals surface area contributed by atoms with Crippen molar-refractivity contribution in [3.63, 3.8) is 0 Å². The first-order valence-electron chi connectivity index (χ1n) is 6.01. The third kappa shape index (κ3) is 2.20. The Morgan fingerprint density at radius 3 is 3.06 bits per heavy atom. The zero-order valence-corrected chi connectivity index (χ0v) is 10.6. The lowest BCUT2D eigenvalue weighted by atomic mass is 10.1. The average Bonchev–Trinajstić information content (AvgIpc) is 3.08. The lowest BCUT2D eigenvalue weighted by molar-refractivity contribution is 0.178. The van der Waals surface area contributed by atoms with Crippen LogP contribution in [-0.4, -0.2) is 23.7 Å². The second-order valence-corrected chi connectivity index (χ2v) is 5.69. The molecule has 1 heterocycles. The van der Waals surface area contributed by atoms with Crippen molar-refractivity contribution in [2.45, 2.75) is 24.9 Å².